The van der Waals surface area contributed by atoms with Crippen LogP contribution in [0.3, 0.4) is 0 Å². The number of carboxylic acid groups (broad SMARTS) is 1. The number of thioether (sulfide) groups is 1. The third-order valence-electron chi connectivity index (χ3n) is 3.89. The molecular weight excluding hydrogens is 238 g/mol. The van der Waals surface area contributed by atoms with Crippen molar-refractivity contribution in [2.75, 3.05) is 31.1 Å². The Morgan fingerprint density at radius 2 is 1.88 bits per heavy atom. The molecule has 1 saturated heterocycles. The van der Waals surface area contributed by atoms with Crippen LogP contribution in [0, 0.1) is 5.92 Å². The van der Waals surface area contributed by atoms with E-state index in [1.54, 1.807) is 0 Å². The number of rotatable bonds is 3. The van der Waals surface area contributed by atoms with Gasteiger partial charge < -0.3 is 10.2 Å². The maximum Gasteiger partial charge on any atom is 0.306 e. The summed E-state index contributed by atoms with van der Waals surface area (Å²) in [5.74, 6) is 1.34. The third-order valence-corrected chi connectivity index (χ3v) is 4.83. The molecule has 2 aliphatic rings. The molecule has 0 aromatic heterocycles. The maximum absolute atomic E-state index is 10.9. The monoisotopic (exact) mass is 259 g/mol. The Morgan fingerprint density at radius 3 is 2.41 bits per heavy atom. The second-order valence-corrected chi connectivity index (χ2v) is 6.45. The normalized spacial score (nSPS) is 35.7. The van der Waals surface area contributed by atoms with Gasteiger partial charge in [-0.2, -0.15) is 11.8 Å². The summed E-state index contributed by atoms with van der Waals surface area (Å²) in [6.07, 6.45) is 2.50. The van der Waals surface area contributed by atoms with E-state index >= 15 is 0 Å². The fraction of sp³-hybridized carbons (Fsp3) is 0.917. The molecule has 2 N–H and O–H groups in total. The van der Waals surface area contributed by atoms with Crippen LogP contribution in [0.25, 0.3) is 0 Å². The van der Waals surface area contributed by atoms with Gasteiger partial charge in [0, 0.05) is 31.1 Å². The van der Waals surface area contributed by atoms with Gasteiger partial charge in [0.2, 0.25) is 0 Å². The minimum atomic E-state index is -0.707. The van der Waals surface area contributed by atoms with Gasteiger partial charge in [0.1, 0.15) is 0 Å². The predicted molar refractivity (Wildman–Crippen MR) is 68.3 cm³/mol. The van der Waals surface area contributed by atoms with Crippen LogP contribution < -0.4 is 0 Å². The van der Waals surface area contributed by atoms with E-state index < -0.39 is 11.6 Å². The average Bonchev–Trinajstić information content (AvgIpc) is 2.30. The summed E-state index contributed by atoms with van der Waals surface area (Å²) in [6, 6.07) is 0. The van der Waals surface area contributed by atoms with E-state index in [1.165, 1.54) is 0 Å². The highest BCUT2D eigenvalue weighted by molar-refractivity contribution is 7.99. The van der Waals surface area contributed by atoms with E-state index in [4.69, 9.17) is 5.11 Å². The molecule has 0 amide bonds. The van der Waals surface area contributed by atoms with Crippen LogP contribution in [0.1, 0.15) is 25.7 Å². The van der Waals surface area contributed by atoms with Crippen LogP contribution in [-0.4, -0.2) is 57.8 Å². The number of carbonyl (C=O) groups is 1. The van der Waals surface area contributed by atoms with Crippen LogP contribution in [-0.2, 0) is 4.79 Å². The number of aliphatic hydroxyl groups is 1. The van der Waals surface area contributed by atoms with Crippen molar-refractivity contribution in [3.8, 4) is 0 Å². The minimum absolute atomic E-state index is 0.243. The lowest BCUT2D eigenvalue weighted by atomic mass is 9.78. The van der Waals surface area contributed by atoms with E-state index in [0.717, 1.165) is 31.1 Å². The number of carboxylic acids is 1. The lowest BCUT2D eigenvalue weighted by Crippen LogP contribution is -2.48. The Hall–Kier alpha value is -0.260. The highest BCUT2D eigenvalue weighted by Gasteiger charge is 2.37. The molecule has 98 valence electrons. The van der Waals surface area contributed by atoms with Crippen molar-refractivity contribution in [2.45, 2.75) is 31.3 Å². The first-order valence-electron chi connectivity index (χ1n) is 6.34. The molecule has 1 aliphatic heterocycles. The third kappa shape index (κ3) is 3.60. The predicted octanol–water partition coefficient (Wildman–Crippen LogP) is 1.04. The second-order valence-electron chi connectivity index (χ2n) is 5.23. The van der Waals surface area contributed by atoms with E-state index in [9.17, 15) is 9.90 Å². The molecule has 1 aliphatic carbocycles. The molecule has 4 nitrogen and oxygen atoms in total. The van der Waals surface area contributed by atoms with Gasteiger partial charge in [-0.15, -0.1) is 0 Å². The zero-order valence-electron chi connectivity index (χ0n) is 10.1. The highest BCUT2D eigenvalue weighted by Crippen LogP contribution is 2.33. The Morgan fingerprint density at radius 1 is 1.29 bits per heavy atom. The number of β-amino-alcohol motifs (C(OH)–C–C–N with tert-alkyl or cyclic N) is 1. The molecule has 2 fully saturated rings. The SMILES string of the molecule is O=C(O)C1CCC(O)(CN2CCSCC2)CC1. The number of hydrogen-bond donors (Lipinski definition) is 2. The van der Waals surface area contributed by atoms with Gasteiger partial charge in [-0.25, -0.2) is 0 Å². The highest BCUT2D eigenvalue weighted by atomic mass is 32.2. The molecule has 0 atom stereocenters. The molecule has 2 rings (SSSR count). The first-order chi connectivity index (χ1) is 8.09. The smallest absolute Gasteiger partial charge is 0.306 e. The number of aliphatic carboxylic acids is 1. The van der Waals surface area contributed by atoms with Gasteiger partial charge in [-0.05, 0) is 25.7 Å². The topological polar surface area (TPSA) is 60.8 Å². The molecule has 0 bridgehead atoms. The van der Waals surface area contributed by atoms with Crippen LogP contribution in [0.5, 0.6) is 0 Å². The standard InChI is InChI=1S/C12H21NO3S/c14-11(15)10-1-3-12(16,4-2-10)9-13-5-7-17-8-6-13/h10,16H,1-9H2,(H,14,15). The van der Waals surface area contributed by atoms with Crippen molar-refractivity contribution >= 4 is 17.7 Å². The lowest BCUT2D eigenvalue weighted by molar-refractivity contribution is -0.145. The average molecular weight is 259 g/mol. The van der Waals surface area contributed by atoms with Crippen molar-refractivity contribution in [1.29, 1.82) is 0 Å². The summed E-state index contributed by atoms with van der Waals surface area (Å²) in [4.78, 5) is 13.2. The molecule has 0 aromatic rings. The zero-order valence-corrected chi connectivity index (χ0v) is 10.9. The van der Waals surface area contributed by atoms with Gasteiger partial charge in [0.25, 0.3) is 0 Å². The van der Waals surface area contributed by atoms with Gasteiger partial charge in [0.05, 0.1) is 11.5 Å². The molecule has 0 spiro atoms. The molecule has 17 heavy (non-hydrogen) atoms. The minimum Gasteiger partial charge on any atom is -0.481 e. The van der Waals surface area contributed by atoms with Gasteiger partial charge in [0.15, 0.2) is 0 Å². The van der Waals surface area contributed by atoms with Gasteiger partial charge >= 0.3 is 5.97 Å². The van der Waals surface area contributed by atoms with Crippen molar-refractivity contribution in [3.63, 3.8) is 0 Å². The summed E-state index contributed by atoms with van der Waals surface area (Å²) in [5.41, 5.74) is -0.645. The Balaban J connectivity index is 1.82. The quantitative estimate of drug-likeness (QED) is 0.793. The summed E-state index contributed by atoms with van der Waals surface area (Å²) in [6.45, 7) is 2.82. The summed E-state index contributed by atoms with van der Waals surface area (Å²) >= 11 is 1.96. The molecule has 0 radical (unpaired) electrons. The summed E-state index contributed by atoms with van der Waals surface area (Å²) in [7, 11) is 0. The van der Waals surface area contributed by atoms with Crippen LogP contribution >= 0.6 is 11.8 Å². The lowest BCUT2D eigenvalue weighted by Gasteiger charge is -2.39. The molecular formula is C12H21NO3S. The van der Waals surface area contributed by atoms with Gasteiger partial charge in [-0.1, -0.05) is 0 Å². The van der Waals surface area contributed by atoms with E-state index in [1.807, 2.05) is 11.8 Å². The fourth-order valence-corrected chi connectivity index (χ4v) is 3.71. The number of hydrogen-bond acceptors (Lipinski definition) is 4. The maximum atomic E-state index is 10.9. The largest absolute Gasteiger partial charge is 0.481 e. The Bertz CT molecular complexity index is 271. The number of nitrogens with zero attached hydrogens (tertiary/aromatic N) is 1. The molecule has 1 heterocycles. The first-order valence-corrected chi connectivity index (χ1v) is 7.50. The molecule has 0 unspecified atom stereocenters. The first kappa shape index (κ1) is 13.2. The molecule has 5 heteroatoms. The molecule has 0 aromatic carbocycles. The van der Waals surface area contributed by atoms with Crippen molar-refractivity contribution in [2.24, 2.45) is 5.92 Å². The Kier molecular flexibility index (Phi) is 4.33. The van der Waals surface area contributed by atoms with Crippen LogP contribution in [0.2, 0.25) is 0 Å². The van der Waals surface area contributed by atoms with Gasteiger partial charge in [-0.3, -0.25) is 9.69 Å². The summed E-state index contributed by atoms with van der Waals surface area (Å²) < 4.78 is 0. The van der Waals surface area contributed by atoms with Crippen molar-refractivity contribution in [3.05, 3.63) is 0 Å². The van der Waals surface area contributed by atoms with Crippen LogP contribution in [0.4, 0.5) is 0 Å². The van der Waals surface area contributed by atoms with Crippen LogP contribution in [0.15, 0.2) is 0 Å². The zero-order chi connectivity index (χ0) is 12.3. The van der Waals surface area contributed by atoms with E-state index in [0.29, 0.717) is 25.7 Å². The van der Waals surface area contributed by atoms with Crippen molar-refractivity contribution < 1.29 is 15.0 Å². The van der Waals surface area contributed by atoms with E-state index in [-0.39, 0.29) is 5.92 Å². The van der Waals surface area contributed by atoms with Crippen molar-refractivity contribution in [1.82, 2.24) is 4.90 Å². The summed E-state index contributed by atoms with van der Waals surface area (Å²) in [5, 5.41) is 19.4. The fourth-order valence-electron chi connectivity index (χ4n) is 2.74. The molecule has 1 saturated carbocycles. The second kappa shape index (κ2) is 5.59. The Labute approximate surface area is 106 Å². The van der Waals surface area contributed by atoms with E-state index in [2.05, 4.69) is 4.90 Å².